The molecule has 1 aliphatic heterocycles. The molecule has 1 amide bonds. The molecule has 0 bridgehead atoms. The maximum absolute atomic E-state index is 11.2. The quantitative estimate of drug-likeness (QED) is 0.631. The van der Waals surface area contributed by atoms with E-state index in [2.05, 4.69) is 11.9 Å². The predicted molar refractivity (Wildman–Crippen MR) is 46.5 cm³/mol. The highest BCUT2D eigenvalue weighted by Crippen LogP contribution is 2.21. The van der Waals surface area contributed by atoms with E-state index in [0.717, 1.165) is 19.4 Å². The Hall–Kier alpha value is -0.830. The van der Waals surface area contributed by atoms with Gasteiger partial charge in [0.15, 0.2) is 0 Å². The van der Waals surface area contributed by atoms with Gasteiger partial charge in [-0.05, 0) is 26.7 Å². The van der Waals surface area contributed by atoms with Crippen molar-refractivity contribution in [2.75, 3.05) is 6.61 Å². The first-order chi connectivity index (χ1) is 5.53. The summed E-state index contributed by atoms with van der Waals surface area (Å²) in [5, 5.41) is 2.79. The second kappa shape index (κ2) is 3.27. The lowest BCUT2D eigenvalue weighted by atomic mass is 10.1. The second-order valence-corrected chi connectivity index (χ2v) is 3.42. The molecule has 68 valence electrons. The molecule has 12 heavy (non-hydrogen) atoms. The Morgan fingerprint density at radius 2 is 2.33 bits per heavy atom. The van der Waals surface area contributed by atoms with Crippen LogP contribution in [0.4, 0.5) is 0 Å². The van der Waals surface area contributed by atoms with Crippen LogP contribution in [0.1, 0.15) is 26.7 Å². The summed E-state index contributed by atoms with van der Waals surface area (Å²) in [6.07, 6.45) is 1.89. The SMILES string of the molecule is C=C(C)C(=O)NC1(C)CCCO1. The molecule has 0 aliphatic carbocycles. The zero-order chi connectivity index (χ0) is 9.19. The number of hydrogen-bond acceptors (Lipinski definition) is 2. The van der Waals surface area contributed by atoms with E-state index in [9.17, 15) is 4.79 Å². The lowest BCUT2D eigenvalue weighted by Crippen LogP contribution is -2.45. The summed E-state index contributed by atoms with van der Waals surface area (Å²) >= 11 is 0. The van der Waals surface area contributed by atoms with Gasteiger partial charge in [-0.2, -0.15) is 0 Å². The molecule has 0 spiro atoms. The molecular weight excluding hydrogens is 154 g/mol. The number of nitrogens with one attached hydrogen (secondary N) is 1. The summed E-state index contributed by atoms with van der Waals surface area (Å²) in [6, 6.07) is 0. The minimum Gasteiger partial charge on any atom is -0.356 e. The van der Waals surface area contributed by atoms with Crippen molar-refractivity contribution in [3.63, 3.8) is 0 Å². The Balaban J connectivity index is 2.49. The Kier molecular flexibility index (Phi) is 2.52. The van der Waals surface area contributed by atoms with Gasteiger partial charge in [0.2, 0.25) is 5.91 Å². The molecule has 0 aromatic heterocycles. The van der Waals surface area contributed by atoms with E-state index in [1.165, 1.54) is 0 Å². The summed E-state index contributed by atoms with van der Waals surface area (Å²) in [5.74, 6) is -0.126. The molecule has 1 saturated heterocycles. The highest BCUT2D eigenvalue weighted by molar-refractivity contribution is 5.92. The first kappa shape index (κ1) is 9.26. The highest BCUT2D eigenvalue weighted by atomic mass is 16.5. The van der Waals surface area contributed by atoms with E-state index in [4.69, 9.17) is 4.74 Å². The van der Waals surface area contributed by atoms with Gasteiger partial charge in [-0.1, -0.05) is 6.58 Å². The first-order valence-electron chi connectivity index (χ1n) is 4.15. The maximum Gasteiger partial charge on any atom is 0.248 e. The summed E-state index contributed by atoms with van der Waals surface area (Å²) < 4.78 is 5.39. The van der Waals surface area contributed by atoms with Gasteiger partial charge in [0, 0.05) is 12.2 Å². The van der Waals surface area contributed by atoms with Gasteiger partial charge in [-0.3, -0.25) is 4.79 Å². The number of ether oxygens (including phenoxy) is 1. The fourth-order valence-corrected chi connectivity index (χ4v) is 1.22. The number of carbonyl (C=O) groups is 1. The molecule has 3 heteroatoms. The van der Waals surface area contributed by atoms with Crippen molar-refractivity contribution in [1.29, 1.82) is 0 Å². The molecule has 0 aromatic rings. The molecule has 1 fully saturated rings. The Morgan fingerprint density at radius 1 is 1.67 bits per heavy atom. The molecule has 3 nitrogen and oxygen atoms in total. The molecule has 1 aliphatic rings. The molecule has 1 rings (SSSR count). The van der Waals surface area contributed by atoms with Crippen molar-refractivity contribution in [3.8, 4) is 0 Å². The van der Waals surface area contributed by atoms with Gasteiger partial charge in [-0.15, -0.1) is 0 Å². The average Bonchev–Trinajstić information content (AvgIpc) is 2.35. The van der Waals surface area contributed by atoms with E-state index >= 15 is 0 Å². The van der Waals surface area contributed by atoms with Crippen molar-refractivity contribution >= 4 is 5.91 Å². The van der Waals surface area contributed by atoms with Crippen LogP contribution in [-0.2, 0) is 9.53 Å². The van der Waals surface area contributed by atoms with Gasteiger partial charge in [0.1, 0.15) is 5.72 Å². The van der Waals surface area contributed by atoms with Crippen LogP contribution in [0.2, 0.25) is 0 Å². The van der Waals surface area contributed by atoms with Gasteiger partial charge in [-0.25, -0.2) is 0 Å². The molecule has 0 saturated carbocycles. The molecule has 1 unspecified atom stereocenters. The molecule has 1 heterocycles. The first-order valence-corrected chi connectivity index (χ1v) is 4.15. The highest BCUT2D eigenvalue weighted by Gasteiger charge is 2.31. The number of hydrogen-bond donors (Lipinski definition) is 1. The predicted octanol–water partition coefficient (Wildman–Crippen LogP) is 1.21. The Labute approximate surface area is 72.8 Å². The van der Waals surface area contributed by atoms with Crippen molar-refractivity contribution in [3.05, 3.63) is 12.2 Å². The zero-order valence-corrected chi connectivity index (χ0v) is 7.64. The number of amides is 1. The van der Waals surface area contributed by atoms with Gasteiger partial charge >= 0.3 is 0 Å². The minimum absolute atomic E-state index is 0.126. The third-order valence-electron chi connectivity index (χ3n) is 1.98. The normalized spacial score (nSPS) is 28.5. The third kappa shape index (κ3) is 2.08. The fraction of sp³-hybridized carbons (Fsp3) is 0.667. The van der Waals surface area contributed by atoms with E-state index in [1.807, 2.05) is 6.92 Å². The maximum atomic E-state index is 11.2. The van der Waals surface area contributed by atoms with Crippen LogP contribution in [0.15, 0.2) is 12.2 Å². The molecular formula is C9H15NO2. The minimum atomic E-state index is -0.462. The fourth-order valence-electron chi connectivity index (χ4n) is 1.22. The van der Waals surface area contributed by atoms with Gasteiger partial charge in [0.05, 0.1) is 0 Å². The zero-order valence-electron chi connectivity index (χ0n) is 7.64. The standard InChI is InChI=1S/C9H15NO2/c1-7(2)8(11)10-9(3)5-4-6-12-9/h1,4-6H2,2-3H3,(H,10,11). The molecule has 0 radical (unpaired) electrons. The van der Waals surface area contributed by atoms with E-state index in [0.29, 0.717) is 5.57 Å². The monoisotopic (exact) mass is 169 g/mol. The van der Waals surface area contributed by atoms with Crippen molar-refractivity contribution in [2.24, 2.45) is 0 Å². The van der Waals surface area contributed by atoms with Crippen molar-refractivity contribution in [2.45, 2.75) is 32.4 Å². The number of carbonyl (C=O) groups excluding carboxylic acids is 1. The smallest absolute Gasteiger partial charge is 0.248 e. The van der Waals surface area contributed by atoms with Crippen LogP contribution >= 0.6 is 0 Å². The lowest BCUT2D eigenvalue weighted by molar-refractivity contribution is -0.125. The van der Waals surface area contributed by atoms with Crippen LogP contribution in [0, 0.1) is 0 Å². The lowest BCUT2D eigenvalue weighted by Gasteiger charge is -2.24. The number of rotatable bonds is 2. The van der Waals surface area contributed by atoms with Crippen molar-refractivity contribution < 1.29 is 9.53 Å². The molecule has 1 N–H and O–H groups in total. The second-order valence-electron chi connectivity index (χ2n) is 3.42. The Bertz CT molecular complexity index is 205. The van der Waals surface area contributed by atoms with Crippen LogP contribution in [0.3, 0.4) is 0 Å². The summed E-state index contributed by atoms with van der Waals surface area (Å²) in [6.45, 7) is 7.87. The summed E-state index contributed by atoms with van der Waals surface area (Å²) in [4.78, 5) is 11.2. The van der Waals surface area contributed by atoms with Crippen molar-refractivity contribution in [1.82, 2.24) is 5.32 Å². The van der Waals surface area contributed by atoms with E-state index in [1.54, 1.807) is 6.92 Å². The van der Waals surface area contributed by atoms with Crippen LogP contribution in [0.5, 0.6) is 0 Å². The van der Waals surface area contributed by atoms with Crippen LogP contribution < -0.4 is 5.32 Å². The molecule has 1 atom stereocenters. The summed E-state index contributed by atoms with van der Waals surface area (Å²) in [5.41, 5.74) is 0.0578. The average molecular weight is 169 g/mol. The van der Waals surface area contributed by atoms with E-state index in [-0.39, 0.29) is 5.91 Å². The van der Waals surface area contributed by atoms with Gasteiger partial charge in [0.25, 0.3) is 0 Å². The largest absolute Gasteiger partial charge is 0.356 e. The van der Waals surface area contributed by atoms with Crippen LogP contribution in [-0.4, -0.2) is 18.2 Å². The topological polar surface area (TPSA) is 38.3 Å². The third-order valence-corrected chi connectivity index (χ3v) is 1.98. The van der Waals surface area contributed by atoms with Gasteiger partial charge < -0.3 is 10.1 Å². The Morgan fingerprint density at radius 3 is 2.75 bits per heavy atom. The van der Waals surface area contributed by atoms with Crippen LogP contribution in [0.25, 0.3) is 0 Å². The molecule has 0 aromatic carbocycles. The van der Waals surface area contributed by atoms with E-state index < -0.39 is 5.72 Å². The summed E-state index contributed by atoms with van der Waals surface area (Å²) in [7, 11) is 0.